The molecule has 0 aromatic rings. The van der Waals surface area contributed by atoms with E-state index in [9.17, 15) is 0 Å². The summed E-state index contributed by atoms with van der Waals surface area (Å²) in [5.41, 5.74) is 0. The van der Waals surface area contributed by atoms with Crippen molar-refractivity contribution < 1.29 is 0 Å². The number of hydrogen-bond donors (Lipinski definition) is 0. The van der Waals surface area contributed by atoms with Crippen molar-refractivity contribution in [2.24, 2.45) is 11.8 Å². The monoisotopic (exact) mass is 137 g/mol. The zero-order chi connectivity index (χ0) is 7.56. The summed E-state index contributed by atoms with van der Waals surface area (Å²) in [6.07, 6.45) is 6.57. The lowest BCUT2D eigenvalue weighted by Crippen LogP contribution is -2.21. The Bertz CT molecular complexity index is 145. The van der Waals surface area contributed by atoms with E-state index >= 15 is 0 Å². The third kappa shape index (κ3) is 2.04. The molecule has 1 aliphatic rings. The average molecular weight is 137 g/mol. The van der Waals surface area contributed by atoms with Gasteiger partial charge in [0.25, 0.3) is 0 Å². The summed E-state index contributed by atoms with van der Waals surface area (Å²) in [4.78, 5) is 2.22. The summed E-state index contributed by atoms with van der Waals surface area (Å²) in [7, 11) is 2.09. The van der Waals surface area contributed by atoms with Crippen LogP contribution in [0, 0.1) is 24.2 Å². The van der Waals surface area contributed by atoms with Crippen LogP contribution in [0.15, 0.2) is 0 Å². The predicted molar refractivity (Wildman–Crippen MR) is 43.6 cm³/mol. The minimum absolute atomic E-state index is 0.795. The molecule has 0 radical (unpaired) electrons. The average Bonchev–Trinajstić information content (AvgIpc) is 2.47. The molecule has 1 rings (SSSR count). The van der Waals surface area contributed by atoms with Crippen molar-refractivity contribution >= 4 is 0 Å². The van der Waals surface area contributed by atoms with Crippen LogP contribution in [0.25, 0.3) is 0 Å². The Morgan fingerprint density at radius 2 is 2.30 bits per heavy atom. The lowest BCUT2D eigenvalue weighted by molar-refractivity contribution is 0.352. The van der Waals surface area contributed by atoms with Crippen LogP contribution < -0.4 is 0 Å². The minimum Gasteiger partial charge on any atom is -0.295 e. The molecule has 1 heteroatoms. The normalized spacial score (nSPS) is 30.2. The van der Waals surface area contributed by atoms with Crippen molar-refractivity contribution in [2.45, 2.75) is 13.3 Å². The SMILES string of the molecule is C#CCN(C)CC1CC1C. The van der Waals surface area contributed by atoms with Crippen molar-refractivity contribution in [2.75, 3.05) is 20.1 Å². The van der Waals surface area contributed by atoms with E-state index in [0.29, 0.717) is 0 Å². The van der Waals surface area contributed by atoms with Crippen LogP contribution in [-0.4, -0.2) is 25.0 Å². The summed E-state index contributed by atoms with van der Waals surface area (Å²) in [6, 6.07) is 0. The minimum atomic E-state index is 0.795. The number of nitrogens with zero attached hydrogens (tertiary/aromatic N) is 1. The van der Waals surface area contributed by atoms with Gasteiger partial charge in [0.15, 0.2) is 0 Å². The van der Waals surface area contributed by atoms with Gasteiger partial charge in [-0.25, -0.2) is 0 Å². The van der Waals surface area contributed by atoms with Gasteiger partial charge in [-0.15, -0.1) is 6.42 Å². The third-order valence-electron chi connectivity index (χ3n) is 2.18. The van der Waals surface area contributed by atoms with Crippen LogP contribution in [0.3, 0.4) is 0 Å². The van der Waals surface area contributed by atoms with Gasteiger partial charge in [0.1, 0.15) is 0 Å². The molecule has 0 heterocycles. The van der Waals surface area contributed by atoms with Crippen LogP contribution >= 0.6 is 0 Å². The first-order valence-electron chi connectivity index (χ1n) is 3.86. The molecule has 0 spiro atoms. The number of rotatable bonds is 3. The summed E-state index contributed by atoms with van der Waals surface area (Å²) < 4.78 is 0. The molecule has 0 bridgehead atoms. The molecule has 0 aliphatic heterocycles. The lowest BCUT2D eigenvalue weighted by Gasteiger charge is -2.11. The molecule has 0 aromatic heterocycles. The summed E-state index contributed by atoms with van der Waals surface area (Å²) >= 11 is 0. The van der Waals surface area contributed by atoms with Gasteiger partial charge in [-0.3, -0.25) is 4.90 Å². The van der Waals surface area contributed by atoms with Crippen LogP contribution in [0.2, 0.25) is 0 Å². The molecule has 0 N–H and O–H groups in total. The molecule has 10 heavy (non-hydrogen) atoms. The second kappa shape index (κ2) is 3.07. The number of hydrogen-bond acceptors (Lipinski definition) is 1. The first-order valence-corrected chi connectivity index (χ1v) is 3.86. The van der Waals surface area contributed by atoms with Gasteiger partial charge in [-0.2, -0.15) is 0 Å². The molecular weight excluding hydrogens is 122 g/mol. The van der Waals surface area contributed by atoms with E-state index in [1.54, 1.807) is 0 Å². The Morgan fingerprint density at radius 1 is 1.70 bits per heavy atom. The van der Waals surface area contributed by atoms with E-state index in [0.717, 1.165) is 18.4 Å². The lowest BCUT2D eigenvalue weighted by atomic mass is 10.3. The van der Waals surface area contributed by atoms with Gasteiger partial charge < -0.3 is 0 Å². The highest BCUT2D eigenvalue weighted by molar-refractivity contribution is 4.90. The second-order valence-corrected chi connectivity index (χ2v) is 3.37. The van der Waals surface area contributed by atoms with Crippen molar-refractivity contribution in [1.29, 1.82) is 0 Å². The molecule has 0 saturated heterocycles. The highest BCUT2D eigenvalue weighted by Crippen LogP contribution is 2.37. The highest BCUT2D eigenvalue weighted by atomic mass is 15.1. The molecule has 1 saturated carbocycles. The van der Waals surface area contributed by atoms with Crippen LogP contribution in [0.5, 0.6) is 0 Å². The van der Waals surface area contributed by atoms with E-state index in [4.69, 9.17) is 6.42 Å². The van der Waals surface area contributed by atoms with Gasteiger partial charge in [0.2, 0.25) is 0 Å². The third-order valence-corrected chi connectivity index (χ3v) is 2.18. The second-order valence-electron chi connectivity index (χ2n) is 3.37. The summed E-state index contributed by atoms with van der Waals surface area (Å²) in [5.74, 6) is 4.52. The number of terminal acetylenes is 1. The molecule has 1 fully saturated rings. The fourth-order valence-electron chi connectivity index (χ4n) is 1.27. The Labute approximate surface area is 63.4 Å². The fraction of sp³-hybridized carbons (Fsp3) is 0.778. The largest absolute Gasteiger partial charge is 0.295 e. The maximum atomic E-state index is 5.17. The van der Waals surface area contributed by atoms with Gasteiger partial charge in [-0.05, 0) is 25.3 Å². The van der Waals surface area contributed by atoms with Crippen LogP contribution in [0.1, 0.15) is 13.3 Å². The zero-order valence-electron chi connectivity index (χ0n) is 6.80. The van der Waals surface area contributed by atoms with E-state index < -0.39 is 0 Å². The van der Waals surface area contributed by atoms with E-state index in [1.165, 1.54) is 13.0 Å². The maximum Gasteiger partial charge on any atom is 0.0596 e. The first-order chi connectivity index (χ1) is 4.74. The van der Waals surface area contributed by atoms with E-state index in [2.05, 4.69) is 24.8 Å². The standard InChI is InChI=1S/C9H15N/c1-4-5-10(3)7-9-6-8(9)2/h1,8-9H,5-7H2,2-3H3. The van der Waals surface area contributed by atoms with Crippen molar-refractivity contribution in [3.05, 3.63) is 0 Å². The maximum absolute atomic E-state index is 5.17. The van der Waals surface area contributed by atoms with Crippen molar-refractivity contribution in [1.82, 2.24) is 4.90 Å². The Hall–Kier alpha value is -0.480. The van der Waals surface area contributed by atoms with Gasteiger partial charge in [-0.1, -0.05) is 12.8 Å². The summed E-state index contributed by atoms with van der Waals surface area (Å²) in [6.45, 7) is 4.28. The van der Waals surface area contributed by atoms with Gasteiger partial charge >= 0.3 is 0 Å². The molecule has 0 amide bonds. The van der Waals surface area contributed by atoms with Crippen molar-refractivity contribution in [3.63, 3.8) is 0 Å². The fourth-order valence-corrected chi connectivity index (χ4v) is 1.27. The van der Waals surface area contributed by atoms with Crippen molar-refractivity contribution in [3.8, 4) is 12.3 Å². The summed E-state index contributed by atoms with van der Waals surface area (Å²) in [5, 5.41) is 0. The Balaban J connectivity index is 2.08. The molecule has 1 aliphatic carbocycles. The smallest absolute Gasteiger partial charge is 0.0596 e. The van der Waals surface area contributed by atoms with Gasteiger partial charge in [0.05, 0.1) is 6.54 Å². The predicted octanol–water partition coefficient (Wildman–Crippen LogP) is 1.21. The van der Waals surface area contributed by atoms with Crippen LogP contribution in [-0.2, 0) is 0 Å². The Kier molecular flexibility index (Phi) is 2.34. The molecule has 2 unspecified atom stereocenters. The van der Waals surface area contributed by atoms with E-state index in [1.807, 2.05) is 0 Å². The first kappa shape index (κ1) is 7.63. The quantitative estimate of drug-likeness (QED) is 0.528. The topological polar surface area (TPSA) is 3.24 Å². The zero-order valence-corrected chi connectivity index (χ0v) is 6.80. The Morgan fingerprint density at radius 3 is 2.70 bits per heavy atom. The molecule has 0 aromatic carbocycles. The highest BCUT2D eigenvalue weighted by Gasteiger charge is 2.32. The molecular formula is C9H15N. The van der Waals surface area contributed by atoms with Crippen LogP contribution in [0.4, 0.5) is 0 Å². The van der Waals surface area contributed by atoms with E-state index in [-0.39, 0.29) is 0 Å². The molecule has 56 valence electrons. The molecule has 1 nitrogen and oxygen atoms in total. The van der Waals surface area contributed by atoms with Gasteiger partial charge in [0, 0.05) is 6.54 Å². The molecule has 2 atom stereocenters.